The summed E-state index contributed by atoms with van der Waals surface area (Å²) in [4.78, 5) is 30.0. The number of anilines is 1. The van der Waals surface area contributed by atoms with Gasteiger partial charge in [0.15, 0.2) is 12.4 Å². The number of aromatic nitrogens is 3. The number of halogens is 4. The monoisotopic (exact) mass is 493 g/mol. The van der Waals surface area contributed by atoms with Gasteiger partial charge >= 0.3 is 6.18 Å². The van der Waals surface area contributed by atoms with Gasteiger partial charge in [-0.1, -0.05) is 23.7 Å². The van der Waals surface area contributed by atoms with E-state index in [1.54, 1.807) is 31.2 Å². The smallest absolute Gasteiger partial charge is 0.422 e. The van der Waals surface area contributed by atoms with Gasteiger partial charge in [0.2, 0.25) is 5.88 Å². The van der Waals surface area contributed by atoms with E-state index in [0.717, 1.165) is 23.6 Å². The predicted octanol–water partition coefficient (Wildman–Crippen LogP) is 4.31. The first-order valence-corrected chi connectivity index (χ1v) is 10.6. The number of alkyl halides is 3. The van der Waals surface area contributed by atoms with Crippen molar-refractivity contribution in [3.8, 4) is 11.7 Å². The van der Waals surface area contributed by atoms with Crippen LogP contribution in [0.4, 0.5) is 18.9 Å². The highest BCUT2D eigenvalue weighted by molar-refractivity contribution is 6.32. The number of carbonyl (C=O) groups is 2. The molecule has 0 bridgehead atoms. The van der Waals surface area contributed by atoms with Crippen LogP contribution in [-0.4, -0.2) is 45.4 Å². The molecule has 0 radical (unpaired) electrons. The highest BCUT2D eigenvalue weighted by Crippen LogP contribution is 2.27. The molecule has 0 saturated heterocycles. The predicted molar refractivity (Wildman–Crippen MR) is 118 cm³/mol. The van der Waals surface area contributed by atoms with Crippen LogP contribution in [-0.2, 0) is 0 Å². The Morgan fingerprint density at radius 2 is 1.97 bits per heavy atom. The second kappa shape index (κ2) is 9.34. The maximum atomic E-state index is 13.2. The molecule has 1 saturated carbocycles. The molecule has 0 atom stereocenters. The lowest BCUT2D eigenvalue weighted by Crippen LogP contribution is -2.27. The average Bonchev–Trinajstić information content (AvgIpc) is 3.48. The molecule has 2 N–H and O–H groups in total. The second-order valence-corrected chi connectivity index (χ2v) is 8.10. The SMILES string of the molecule is Cc1cccc(C(=O)NC2CC2)c1NC(=O)c1cc(OCC(F)(F)F)nn1-c1ncccc1Cl. The van der Waals surface area contributed by atoms with Gasteiger partial charge in [-0.15, -0.1) is 5.10 Å². The zero-order valence-electron chi connectivity index (χ0n) is 17.8. The van der Waals surface area contributed by atoms with Gasteiger partial charge in [-0.25, -0.2) is 9.67 Å². The minimum absolute atomic E-state index is 0.0210. The molecule has 1 aromatic carbocycles. The number of nitrogens with one attached hydrogen (secondary N) is 2. The van der Waals surface area contributed by atoms with Crippen molar-refractivity contribution in [1.82, 2.24) is 20.1 Å². The molecule has 8 nitrogen and oxygen atoms in total. The van der Waals surface area contributed by atoms with Crippen LogP contribution < -0.4 is 15.4 Å². The molecule has 0 aliphatic heterocycles. The van der Waals surface area contributed by atoms with Crippen LogP contribution in [0.3, 0.4) is 0 Å². The fourth-order valence-corrected chi connectivity index (χ4v) is 3.33. The van der Waals surface area contributed by atoms with Gasteiger partial charge in [-0.3, -0.25) is 9.59 Å². The van der Waals surface area contributed by atoms with Crippen LogP contribution in [0.15, 0.2) is 42.6 Å². The summed E-state index contributed by atoms with van der Waals surface area (Å²) in [6, 6.07) is 9.18. The third-order valence-corrected chi connectivity index (χ3v) is 5.21. The number of nitrogens with zero attached hydrogens (tertiary/aromatic N) is 3. The second-order valence-electron chi connectivity index (χ2n) is 7.69. The minimum atomic E-state index is -4.60. The number of benzene rings is 1. The molecule has 1 aliphatic carbocycles. The fraction of sp³-hybridized carbons (Fsp3) is 0.273. The van der Waals surface area contributed by atoms with E-state index in [1.807, 2.05) is 0 Å². The van der Waals surface area contributed by atoms with E-state index in [0.29, 0.717) is 5.56 Å². The quantitative estimate of drug-likeness (QED) is 0.511. The van der Waals surface area contributed by atoms with Crippen molar-refractivity contribution < 1.29 is 27.5 Å². The molecule has 2 amide bonds. The maximum absolute atomic E-state index is 13.2. The lowest BCUT2D eigenvalue weighted by molar-refractivity contribution is -0.154. The van der Waals surface area contributed by atoms with Gasteiger partial charge in [-0.05, 0) is 43.5 Å². The van der Waals surface area contributed by atoms with Crippen LogP contribution in [0.1, 0.15) is 39.3 Å². The van der Waals surface area contributed by atoms with Crippen molar-refractivity contribution in [1.29, 1.82) is 0 Å². The van der Waals surface area contributed by atoms with Crippen molar-refractivity contribution in [2.45, 2.75) is 32.0 Å². The van der Waals surface area contributed by atoms with E-state index in [4.69, 9.17) is 16.3 Å². The van der Waals surface area contributed by atoms with E-state index < -0.39 is 24.6 Å². The third-order valence-electron chi connectivity index (χ3n) is 4.91. The molecular formula is C22H19ClF3N5O3. The van der Waals surface area contributed by atoms with Crippen LogP contribution in [0.2, 0.25) is 5.02 Å². The standard InChI is InChI=1S/C22H19ClF3N5O3/c1-12-4-2-5-14(20(32)28-13-7-8-13)18(12)29-21(33)16-10-17(34-11-22(24,25)26)30-31(16)19-15(23)6-3-9-27-19/h2-6,9-10,13H,7-8,11H2,1H3,(H,28,32)(H,29,33). The molecule has 0 unspecified atom stereocenters. The molecule has 1 fully saturated rings. The van der Waals surface area contributed by atoms with Crippen LogP contribution in [0, 0.1) is 6.92 Å². The molecule has 4 rings (SSSR count). The van der Waals surface area contributed by atoms with Gasteiger partial charge in [-0.2, -0.15) is 13.2 Å². The summed E-state index contributed by atoms with van der Waals surface area (Å²) in [7, 11) is 0. The zero-order valence-corrected chi connectivity index (χ0v) is 18.6. The van der Waals surface area contributed by atoms with Crippen LogP contribution >= 0.6 is 11.6 Å². The van der Waals surface area contributed by atoms with Gasteiger partial charge in [0.1, 0.15) is 5.69 Å². The summed E-state index contributed by atoms with van der Waals surface area (Å²) in [6.45, 7) is 0.124. The van der Waals surface area contributed by atoms with Crippen molar-refractivity contribution in [3.05, 3.63) is 64.4 Å². The van der Waals surface area contributed by atoms with Gasteiger partial charge in [0.05, 0.1) is 16.3 Å². The highest BCUT2D eigenvalue weighted by Gasteiger charge is 2.30. The summed E-state index contributed by atoms with van der Waals surface area (Å²) in [5.41, 5.74) is 0.959. The number of pyridine rings is 1. The first-order valence-electron chi connectivity index (χ1n) is 10.2. The topological polar surface area (TPSA) is 98.1 Å². The Morgan fingerprint density at radius 1 is 1.21 bits per heavy atom. The third kappa shape index (κ3) is 5.48. The number of rotatable bonds is 7. The van der Waals surface area contributed by atoms with Crippen molar-refractivity contribution in [2.24, 2.45) is 0 Å². The van der Waals surface area contributed by atoms with Crippen LogP contribution in [0.5, 0.6) is 5.88 Å². The molecule has 34 heavy (non-hydrogen) atoms. The first kappa shape index (κ1) is 23.6. The van der Waals surface area contributed by atoms with Crippen molar-refractivity contribution in [3.63, 3.8) is 0 Å². The van der Waals surface area contributed by atoms with E-state index in [-0.39, 0.29) is 39.7 Å². The maximum Gasteiger partial charge on any atom is 0.422 e. The Morgan fingerprint density at radius 3 is 2.65 bits per heavy atom. The number of hydrogen-bond acceptors (Lipinski definition) is 5. The number of carbonyl (C=O) groups excluding carboxylic acids is 2. The Kier molecular flexibility index (Phi) is 6.47. The fourth-order valence-electron chi connectivity index (χ4n) is 3.13. The molecule has 1 aliphatic rings. The molecule has 2 heterocycles. The van der Waals surface area contributed by atoms with Crippen molar-refractivity contribution >= 4 is 29.1 Å². The molecular weight excluding hydrogens is 475 g/mol. The molecule has 0 spiro atoms. The molecule has 3 aromatic rings. The van der Waals surface area contributed by atoms with E-state index in [2.05, 4.69) is 20.7 Å². The number of hydrogen-bond donors (Lipinski definition) is 2. The summed E-state index contributed by atoms with van der Waals surface area (Å²) >= 11 is 6.17. The Bertz CT molecular complexity index is 1240. The average molecular weight is 494 g/mol. The van der Waals surface area contributed by atoms with E-state index >= 15 is 0 Å². The number of aryl methyl sites for hydroxylation is 1. The number of amides is 2. The van der Waals surface area contributed by atoms with E-state index in [1.165, 1.54) is 12.3 Å². The summed E-state index contributed by atoms with van der Waals surface area (Å²) in [5.74, 6) is -1.50. The number of para-hydroxylation sites is 1. The summed E-state index contributed by atoms with van der Waals surface area (Å²) in [5, 5.41) is 9.60. The minimum Gasteiger partial charge on any atom is -0.467 e. The van der Waals surface area contributed by atoms with Gasteiger partial charge in [0.25, 0.3) is 11.8 Å². The van der Waals surface area contributed by atoms with Crippen molar-refractivity contribution in [2.75, 3.05) is 11.9 Å². The Balaban J connectivity index is 1.68. The molecule has 2 aromatic heterocycles. The largest absolute Gasteiger partial charge is 0.467 e. The van der Waals surface area contributed by atoms with Crippen LogP contribution in [0.25, 0.3) is 5.82 Å². The number of ether oxygens (including phenoxy) is 1. The van der Waals surface area contributed by atoms with Gasteiger partial charge < -0.3 is 15.4 Å². The lowest BCUT2D eigenvalue weighted by Gasteiger charge is -2.14. The Hall–Kier alpha value is -3.60. The normalized spacial score (nSPS) is 13.4. The first-order chi connectivity index (χ1) is 16.1. The highest BCUT2D eigenvalue weighted by atomic mass is 35.5. The molecule has 178 valence electrons. The lowest BCUT2D eigenvalue weighted by atomic mass is 10.1. The van der Waals surface area contributed by atoms with Gasteiger partial charge in [0, 0.05) is 18.3 Å². The summed E-state index contributed by atoms with van der Waals surface area (Å²) < 4.78 is 43.6. The Labute approximate surface area is 197 Å². The molecule has 12 heteroatoms. The zero-order chi connectivity index (χ0) is 24.5. The van der Waals surface area contributed by atoms with E-state index in [9.17, 15) is 22.8 Å². The summed E-state index contributed by atoms with van der Waals surface area (Å²) in [6.07, 6.45) is -1.42.